The molecule has 4 aliphatic rings. The first-order valence-electron chi connectivity index (χ1n) is 12.4. The van der Waals surface area contributed by atoms with E-state index in [1.165, 1.54) is 29.8 Å². The van der Waals surface area contributed by atoms with Crippen molar-refractivity contribution >= 4 is 57.9 Å². The number of fused-ring (bicyclic) bond motifs is 2. The lowest BCUT2D eigenvalue weighted by atomic mass is 10.0. The van der Waals surface area contributed by atoms with Gasteiger partial charge in [0.25, 0.3) is 11.8 Å². The van der Waals surface area contributed by atoms with Gasteiger partial charge in [0.1, 0.15) is 40.5 Å². The van der Waals surface area contributed by atoms with E-state index in [-0.39, 0.29) is 28.3 Å². The highest BCUT2D eigenvalue weighted by Gasteiger charge is 2.54. The normalized spacial score (nSPS) is 23.4. The number of carboxylic acid groups (broad SMARTS) is 1. The Hall–Kier alpha value is -4.50. The monoisotopic (exact) mass is 592 g/mol. The summed E-state index contributed by atoms with van der Waals surface area (Å²) in [4.78, 5) is 51.5. The van der Waals surface area contributed by atoms with Crippen LogP contribution in [0, 0.1) is 0 Å². The molecule has 4 aliphatic heterocycles. The van der Waals surface area contributed by atoms with E-state index in [2.05, 4.69) is 20.7 Å². The summed E-state index contributed by atoms with van der Waals surface area (Å²) in [6.45, 7) is 0.303. The van der Waals surface area contributed by atoms with Crippen LogP contribution >= 0.6 is 23.5 Å². The predicted octanol–water partition coefficient (Wildman–Crippen LogP) is 1.31. The lowest BCUT2D eigenvalue weighted by Crippen LogP contribution is -2.71. The maximum Gasteiger partial charge on any atom is 0.352 e. The number of aliphatic imine (C=N–C) groups is 1. The van der Waals surface area contributed by atoms with Crippen LogP contribution in [0.5, 0.6) is 0 Å². The number of anilines is 1. The number of benzene rings is 1. The van der Waals surface area contributed by atoms with Crippen molar-refractivity contribution < 1.29 is 24.3 Å². The SMILES string of the molecule is CO/N=C(\C(=O)NC1C(=O)N2C(C(=O)O)=C(CN3C=CC=C4N=C(c5ccccc5)SC43)CS[C@H]12)c1cc(N)n[nH]1. The van der Waals surface area contributed by atoms with Crippen molar-refractivity contribution in [2.24, 2.45) is 10.1 Å². The maximum absolute atomic E-state index is 13.2. The number of H-pyrrole nitrogens is 1. The number of nitrogens with one attached hydrogen (secondary N) is 2. The summed E-state index contributed by atoms with van der Waals surface area (Å²) in [7, 11) is 1.28. The van der Waals surface area contributed by atoms with Gasteiger partial charge >= 0.3 is 5.97 Å². The number of aliphatic carboxylic acids is 1. The molecule has 1 saturated heterocycles. The van der Waals surface area contributed by atoms with E-state index in [9.17, 15) is 19.5 Å². The minimum Gasteiger partial charge on any atom is -0.477 e. The number of aromatic amines is 1. The van der Waals surface area contributed by atoms with Gasteiger partial charge in [-0.1, -0.05) is 47.2 Å². The fourth-order valence-electron chi connectivity index (χ4n) is 4.90. The van der Waals surface area contributed by atoms with Gasteiger partial charge in [0.15, 0.2) is 5.71 Å². The number of nitrogens with two attached hydrogens (primary N) is 1. The smallest absolute Gasteiger partial charge is 0.352 e. The Balaban J connectivity index is 1.18. The quantitative estimate of drug-likeness (QED) is 0.198. The second kappa shape index (κ2) is 10.8. The molecule has 2 unspecified atom stereocenters. The molecule has 15 heteroatoms. The minimum atomic E-state index is -1.20. The number of nitrogens with zero attached hydrogens (tertiary/aromatic N) is 5. The minimum absolute atomic E-state index is 0.0620. The Morgan fingerprint density at radius 1 is 1.32 bits per heavy atom. The van der Waals surface area contributed by atoms with Gasteiger partial charge in [-0.15, -0.1) is 11.8 Å². The van der Waals surface area contributed by atoms with Crippen molar-refractivity contribution in [2.75, 3.05) is 25.1 Å². The zero-order valence-corrected chi connectivity index (χ0v) is 23.2. The average molecular weight is 593 g/mol. The molecule has 0 spiro atoms. The summed E-state index contributed by atoms with van der Waals surface area (Å²) >= 11 is 2.99. The summed E-state index contributed by atoms with van der Waals surface area (Å²) < 4.78 is 0. The molecule has 3 atom stereocenters. The molecule has 13 nitrogen and oxygen atoms in total. The Morgan fingerprint density at radius 3 is 2.83 bits per heavy atom. The van der Waals surface area contributed by atoms with Crippen LogP contribution in [0.2, 0.25) is 0 Å². The Kier molecular flexibility index (Phi) is 7.05. The summed E-state index contributed by atoms with van der Waals surface area (Å²) in [5, 5.41) is 23.1. The van der Waals surface area contributed by atoms with Crippen LogP contribution in [0.3, 0.4) is 0 Å². The number of allylic oxidation sites excluding steroid dienone is 2. The van der Waals surface area contributed by atoms with Gasteiger partial charge in [0.05, 0.1) is 11.4 Å². The number of aromatic nitrogens is 2. The number of carbonyl (C=O) groups is 3. The number of rotatable bonds is 8. The van der Waals surface area contributed by atoms with Crippen molar-refractivity contribution in [3.8, 4) is 0 Å². The number of nitrogen functional groups attached to an aromatic ring is 1. The molecular formula is C26H24N8O5S2. The van der Waals surface area contributed by atoms with Crippen LogP contribution in [0.1, 0.15) is 11.3 Å². The molecule has 1 aromatic carbocycles. The maximum atomic E-state index is 13.2. The average Bonchev–Trinajstić information content (AvgIpc) is 3.61. The lowest BCUT2D eigenvalue weighted by Gasteiger charge is -2.49. The fraction of sp³-hybridized carbons (Fsp3) is 0.231. The molecule has 2 amide bonds. The highest BCUT2D eigenvalue weighted by Crippen LogP contribution is 2.42. The first-order valence-corrected chi connectivity index (χ1v) is 14.4. The van der Waals surface area contributed by atoms with Gasteiger partial charge < -0.3 is 25.9 Å². The number of hydrogen-bond acceptors (Lipinski definition) is 11. The van der Waals surface area contributed by atoms with Gasteiger partial charge in [-0.25, -0.2) is 9.79 Å². The fourth-order valence-corrected chi connectivity index (χ4v) is 7.41. The molecule has 1 aromatic heterocycles. The zero-order valence-electron chi connectivity index (χ0n) is 21.6. The van der Waals surface area contributed by atoms with Gasteiger partial charge in [0.2, 0.25) is 0 Å². The van der Waals surface area contributed by atoms with Crippen LogP contribution in [-0.2, 0) is 19.2 Å². The third kappa shape index (κ3) is 4.86. The standard InChI is InChI=1S/C26H24N8O5S2/c1-39-32-18(16-10-17(27)31-30-16)21(35)29-19-23(36)34-20(26(37)38)14(12-40-25(19)34)11-33-9-5-8-15-24(33)41-22(28-15)13-6-3-2-4-7-13/h2-10,19,24-25H,11-12H2,1H3,(H,29,35)(H,37,38)(H3,27,30,31)/b32-18-/t19?,24?,25-/m1/s1. The van der Waals surface area contributed by atoms with E-state index in [0.29, 0.717) is 17.9 Å². The van der Waals surface area contributed by atoms with Gasteiger partial charge in [0, 0.05) is 30.1 Å². The number of hydrogen-bond donors (Lipinski definition) is 4. The molecule has 210 valence electrons. The first kappa shape index (κ1) is 26.7. The van der Waals surface area contributed by atoms with Crippen molar-refractivity contribution in [1.29, 1.82) is 0 Å². The summed E-state index contributed by atoms with van der Waals surface area (Å²) in [5.41, 5.74) is 8.13. The summed E-state index contributed by atoms with van der Waals surface area (Å²) in [5.74, 6) is -1.89. The number of oxime groups is 1. The van der Waals surface area contributed by atoms with Crippen LogP contribution in [-0.4, -0.2) is 89.8 Å². The van der Waals surface area contributed by atoms with E-state index in [1.54, 1.807) is 11.8 Å². The van der Waals surface area contributed by atoms with E-state index in [0.717, 1.165) is 16.3 Å². The summed E-state index contributed by atoms with van der Waals surface area (Å²) in [6, 6.07) is 10.3. The van der Waals surface area contributed by atoms with Crippen LogP contribution in [0.25, 0.3) is 0 Å². The molecular weight excluding hydrogens is 568 g/mol. The van der Waals surface area contributed by atoms with Crippen LogP contribution in [0.4, 0.5) is 5.82 Å². The van der Waals surface area contributed by atoms with Crippen molar-refractivity contribution in [3.63, 3.8) is 0 Å². The third-order valence-electron chi connectivity index (χ3n) is 6.73. The molecule has 2 aromatic rings. The Morgan fingerprint density at radius 2 is 2.12 bits per heavy atom. The molecule has 0 radical (unpaired) electrons. The molecule has 0 saturated carbocycles. The number of carbonyl (C=O) groups excluding carboxylic acids is 2. The van der Waals surface area contributed by atoms with Crippen LogP contribution in [0.15, 0.2) is 81.9 Å². The van der Waals surface area contributed by atoms with Gasteiger partial charge in [-0.05, 0) is 17.7 Å². The van der Waals surface area contributed by atoms with Gasteiger partial charge in [-0.3, -0.25) is 19.6 Å². The zero-order chi connectivity index (χ0) is 28.7. The van der Waals surface area contributed by atoms with E-state index >= 15 is 0 Å². The van der Waals surface area contributed by atoms with E-state index < -0.39 is 29.2 Å². The number of thioether (sulfide) groups is 2. The highest BCUT2D eigenvalue weighted by molar-refractivity contribution is 8.15. The number of β-lactam (4-membered cyclic amide) rings is 1. The van der Waals surface area contributed by atoms with E-state index in [4.69, 9.17) is 15.6 Å². The van der Waals surface area contributed by atoms with Crippen molar-refractivity contribution in [2.45, 2.75) is 16.8 Å². The second-order valence-corrected chi connectivity index (χ2v) is 11.5. The molecule has 1 fully saturated rings. The molecule has 6 rings (SSSR count). The van der Waals surface area contributed by atoms with Crippen molar-refractivity contribution in [1.82, 2.24) is 25.3 Å². The van der Waals surface area contributed by atoms with E-state index in [1.807, 2.05) is 53.6 Å². The molecule has 0 aliphatic carbocycles. The largest absolute Gasteiger partial charge is 0.477 e. The molecule has 5 heterocycles. The highest BCUT2D eigenvalue weighted by atomic mass is 32.2. The topological polar surface area (TPSA) is 179 Å². The number of amides is 2. The lowest BCUT2D eigenvalue weighted by molar-refractivity contribution is -0.150. The van der Waals surface area contributed by atoms with Gasteiger partial charge in [-0.2, -0.15) is 5.10 Å². The first-order chi connectivity index (χ1) is 19.9. The number of carboxylic acids is 1. The summed E-state index contributed by atoms with van der Waals surface area (Å²) in [6.07, 6.45) is 5.75. The molecule has 0 bridgehead atoms. The third-order valence-corrected chi connectivity index (χ3v) is 9.36. The predicted molar refractivity (Wildman–Crippen MR) is 155 cm³/mol. The molecule has 41 heavy (non-hydrogen) atoms. The Bertz CT molecular complexity index is 1580. The van der Waals surface area contributed by atoms with Crippen molar-refractivity contribution in [3.05, 3.63) is 83.0 Å². The van der Waals surface area contributed by atoms with Crippen LogP contribution < -0.4 is 11.1 Å². The second-order valence-electron chi connectivity index (χ2n) is 9.31. The Labute approximate surface area is 242 Å². The molecule has 5 N–H and O–H groups in total.